The number of carbonyl (C=O) groups is 1. The summed E-state index contributed by atoms with van der Waals surface area (Å²) in [6.45, 7) is 0.158. The van der Waals surface area contributed by atoms with Crippen LogP contribution in [0.5, 0.6) is 0 Å². The van der Waals surface area contributed by atoms with E-state index in [1.165, 1.54) is 0 Å². The molecule has 0 saturated carbocycles. The zero-order valence-corrected chi connectivity index (χ0v) is 13.4. The molecule has 0 aliphatic rings. The van der Waals surface area contributed by atoms with Crippen molar-refractivity contribution >= 4 is 28.4 Å². The summed E-state index contributed by atoms with van der Waals surface area (Å²) in [5.41, 5.74) is 2.20. The van der Waals surface area contributed by atoms with Crippen molar-refractivity contribution in [2.24, 2.45) is 7.05 Å². The Kier molecular flexibility index (Phi) is 4.37. The van der Waals surface area contributed by atoms with E-state index in [-0.39, 0.29) is 12.5 Å². The van der Waals surface area contributed by atoms with Gasteiger partial charge in [0.2, 0.25) is 0 Å². The summed E-state index contributed by atoms with van der Waals surface area (Å²) >= 11 is 6.00. The van der Waals surface area contributed by atoms with E-state index in [1.807, 2.05) is 55.6 Å². The standard InChI is InChI=1S/C18H17ClN2O2/c1-21-15-10-14(19)8-7-13(15)9-16(21)18(23)20-11-17(22)12-5-3-2-4-6-12/h2-10,17,22H,11H2,1H3,(H,20,23). The maximum absolute atomic E-state index is 12.4. The number of amides is 1. The first-order valence-corrected chi connectivity index (χ1v) is 7.70. The molecule has 0 saturated heterocycles. The largest absolute Gasteiger partial charge is 0.387 e. The summed E-state index contributed by atoms with van der Waals surface area (Å²) in [5, 5.41) is 14.5. The normalized spacial score (nSPS) is 12.3. The van der Waals surface area contributed by atoms with Crippen LogP contribution in [0.3, 0.4) is 0 Å². The van der Waals surface area contributed by atoms with E-state index < -0.39 is 6.10 Å². The van der Waals surface area contributed by atoms with Crippen LogP contribution in [0.2, 0.25) is 5.02 Å². The first-order chi connectivity index (χ1) is 11.1. The van der Waals surface area contributed by atoms with Crippen molar-refractivity contribution in [3.8, 4) is 0 Å². The van der Waals surface area contributed by atoms with Gasteiger partial charge in [-0.1, -0.05) is 48.0 Å². The zero-order chi connectivity index (χ0) is 16.4. The number of nitrogens with one attached hydrogen (secondary N) is 1. The fraction of sp³-hybridized carbons (Fsp3) is 0.167. The van der Waals surface area contributed by atoms with E-state index in [2.05, 4.69) is 5.32 Å². The maximum Gasteiger partial charge on any atom is 0.268 e. The summed E-state index contributed by atoms with van der Waals surface area (Å²) in [7, 11) is 1.82. The second kappa shape index (κ2) is 6.44. The summed E-state index contributed by atoms with van der Waals surface area (Å²) in [5.74, 6) is -0.227. The van der Waals surface area contributed by atoms with Gasteiger partial charge in [0.1, 0.15) is 5.69 Å². The number of aromatic nitrogens is 1. The molecular formula is C18H17ClN2O2. The van der Waals surface area contributed by atoms with Crippen LogP contribution >= 0.6 is 11.6 Å². The molecule has 118 valence electrons. The van der Waals surface area contributed by atoms with Gasteiger partial charge >= 0.3 is 0 Å². The van der Waals surface area contributed by atoms with Crippen LogP contribution in [0.25, 0.3) is 10.9 Å². The van der Waals surface area contributed by atoms with Crippen molar-refractivity contribution in [1.82, 2.24) is 9.88 Å². The minimum absolute atomic E-state index is 0.158. The molecule has 1 amide bonds. The van der Waals surface area contributed by atoms with Crippen LogP contribution < -0.4 is 5.32 Å². The Morgan fingerprint density at radius 1 is 1.22 bits per heavy atom. The van der Waals surface area contributed by atoms with Crippen molar-refractivity contribution in [2.45, 2.75) is 6.10 Å². The lowest BCUT2D eigenvalue weighted by Gasteiger charge is -2.12. The van der Waals surface area contributed by atoms with Crippen LogP contribution in [-0.4, -0.2) is 22.1 Å². The molecular weight excluding hydrogens is 312 g/mol. The van der Waals surface area contributed by atoms with Crippen molar-refractivity contribution in [3.63, 3.8) is 0 Å². The van der Waals surface area contributed by atoms with E-state index in [1.54, 1.807) is 10.6 Å². The molecule has 2 aromatic carbocycles. The van der Waals surface area contributed by atoms with E-state index in [4.69, 9.17) is 11.6 Å². The highest BCUT2D eigenvalue weighted by molar-refractivity contribution is 6.31. The van der Waals surface area contributed by atoms with Gasteiger partial charge in [-0.15, -0.1) is 0 Å². The van der Waals surface area contributed by atoms with Crippen molar-refractivity contribution in [1.29, 1.82) is 0 Å². The van der Waals surface area contributed by atoms with Crippen molar-refractivity contribution in [3.05, 3.63) is 70.9 Å². The van der Waals surface area contributed by atoms with E-state index in [9.17, 15) is 9.90 Å². The van der Waals surface area contributed by atoms with Crippen LogP contribution in [0.4, 0.5) is 0 Å². The Balaban J connectivity index is 1.75. The number of aliphatic hydroxyl groups is 1. The number of benzene rings is 2. The lowest BCUT2D eigenvalue weighted by atomic mass is 10.1. The van der Waals surface area contributed by atoms with Gasteiger partial charge in [-0.25, -0.2) is 0 Å². The zero-order valence-electron chi connectivity index (χ0n) is 12.7. The van der Waals surface area contributed by atoms with Gasteiger partial charge in [-0.3, -0.25) is 4.79 Å². The quantitative estimate of drug-likeness (QED) is 0.772. The predicted molar refractivity (Wildman–Crippen MR) is 91.7 cm³/mol. The van der Waals surface area contributed by atoms with Gasteiger partial charge in [0.05, 0.1) is 6.10 Å². The lowest BCUT2D eigenvalue weighted by molar-refractivity contribution is 0.0908. The maximum atomic E-state index is 12.4. The summed E-state index contributed by atoms with van der Waals surface area (Å²) in [6.07, 6.45) is -0.732. The Hall–Kier alpha value is -2.30. The van der Waals surface area contributed by atoms with E-state index >= 15 is 0 Å². The predicted octanol–water partition coefficient (Wildman–Crippen LogP) is 3.30. The molecule has 0 bridgehead atoms. The smallest absolute Gasteiger partial charge is 0.268 e. The Morgan fingerprint density at radius 2 is 1.96 bits per heavy atom. The third kappa shape index (κ3) is 3.23. The Labute approximate surface area is 139 Å². The highest BCUT2D eigenvalue weighted by atomic mass is 35.5. The molecule has 0 aliphatic heterocycles. The van der Waals surface area contributed by atoms with E-state index in [0.29, 0.717) is 10.7 Å². The molecule has 1 aromatic heterocycles. The fourth-order valence-electron chi connectivity index (χ4n) is 2.59. The van der Waals surface area contributed by atoms with Crippen LogP contribution in [0, 0.1) is 0 Å². The Bertz CT molecular complexity index is 843. The minimum atomic E-state index is -0.732. The number of nitrogens with zero attached hydrogens (tertiary/aromatic N) is 1. The third-order valence-electron chi connectivity index (χ3n) is 3.88. The number of carbonyl (C=O) groups excluding carboxylic acids is 1. The summed E-state index contributed by atoms with van der Waals surface area (Å²) < 4.78 is 1.80. The summed E-state index contributed by atoms with van der Waals surface area (Å²) in [6, 6.07) is 16.6. The molecule has 5 heteroatoms. The molecule has 1 unspecified atom stereocenters. The molecule has 2 N–H and O–H groups in total. The highest BCUT2D eigenvalue weighted by Crippen LogP contribution is 2.22. The first kappa shape index (κ1) is 15.6. The number of aliphatic hydroxyl groups excluding tert-OH is 1. The van der Waals surface area contributed by atoms with Gasteiger partial charge in [-0.2, -0.15) is 0 Å². The second-order valence-electron chi connectivity index (χ2n) is 5.43. The molecule has 0 fully saturated rings. The van der Waals surface area contributed by atoms with Gasteiger partial charge in [0, 0.05) is 29.5 Å². The number of hydrogen-bond acceptors (Lipinski definition) is 2. The molecule has 1 atom stereocenters. The topological polar surface area (TPSA) is 54.3 Å². The number of halogens is 1. The molecule has 0 aliphatic carbocycles. The number of hydrogen-bond donors (Lipinski definition) is 2. The second-order valence-corrected chi connectivity index (χ2v) is 5.86. The monoisotopic (exact) mass is 328 g/mol. The minimum Gasteiger partial charge on any atom is -0.387 e. The molecule has 1 heterocycles. The average molecular weight is 329 g/mol. The Morgan fingerprint density at radius 3 is 2.70 bits per heavy atom. The highest BCUT2D eigenvalue weighted by Gasteiger charge is 2.15. The molecule has 0 radical (unpaired) electrons. The average Bonchev–Trinajstić information content (AvgIpc) is 2.90. The number of rotatable bonds is 4. The summed E-state index contributed by atoms with van der Waals surface area (Å²) in [4.78, 5) is 12.4. The van der Waals surface area contributed by atoms with Gasteiger partial charge in [-0.05, 0) is 23.8 Å². The van der Waals surface area contributed by atoms with E-state index in [0.717, 1.165) is 16.5 Å². The molecule has 0 spiro atoms. The molecule has 4 nitrogen and oxygen atoms in total. The number of fused-ring (bicyclic) bond motifs is 1. The van der Waals surface area contributed by atoms with Crippen molar-refractivity contribution < 1.29 is 9.90 Å². The van der Waals surface area contributed by atoms with Crippen molar-refractivity contribution in [2.75, 3.05) is 6.54 Å². The van der Waals surface area contributed by atoms with Gasteiger partial charge in [0.25, 0.3) is 5.91 Å². The van der Waals surface area contributed by atoms with Crippen LogP contribution in [0.1, 0.15) is 22.2 Å². The lowest BCUT2D eigenvalue weighted by Crippen LogP contribution is -2.29. The van der Waals surface area contributed by atoms with Crippen LogP contribution in [0.15, 0.2) is 54.6 Å². The fourth-order valence-corrected chi connectivity index (χ4v) is 2.76. The molecule has 3 aromatic rings. The SMILES string of the molecule is Cn1c(C(=O)NCC(O)c2ccccc2)cc2ccc(Cl)cc21. The van der Waals surface area contributed by atoms with Gasteiger partial charge < -0.3 is 15.0 Å². The number of aryl methyl sites for hydroxylation is 1. The third-order valence-corrected chi connectivity index (χ3v) is 4.12. The van der Waals surface area contributed by atoms with Crippen LogP contribution in [-0.2, 0) is 7.05 Å². The first-order valence-electron chi connectivity index (χ1n) is 7.32. The van der Waals surface area contributed by atoms with Gasteiger partial charge in [0.15, 0.2) is 0 Å². The molecule has 23 heavy (non-hydrogen) atoms. The molecule has 3 rings (SSSR count).